The van der Waals surface area contributed by atoms with Gasteiger partial charge in [0.25, 0.3) is 0 Å². The molecule has 164 valence electrons. The van der Waals surface area contributed by atoms with Gasteiger partial charge >= 0.3 is 0 Å². The van der Waals surface area contributed by atoms with Crippen LogP contribution in [-0.4, -0.2) is 57.2 Å². The smallest absolute Gasteiger partial charge is 0.119 e. The van der Waals surface area contributed by atoms with Gasteiger partial charge in [0.05, 0.1) is 0 Å². The Labute approximate surface area is 185 Å². The van der Waals surface area contributed by atoms with E-state index in [1.54, 1.807) is 24.3 Å². The van der Waals surface area contributed by atoms with E-state index in [-0.39, 0.29) is 12.1 Å². The lowest BCUT2D eigenvalue weighted by Gasteiger charge is -2.37. The SMILES string of the molecule is CN(c1ccc(OCC(O)CN2CC[C@@H](c3cccc(Cl)c3)C2(C)C)cc1)S(=O)[O-]. The molecule has 3 atom stereocenters. The van der Waals surface area contributed by atoms with Crippen LogP contribution in [-0.2, 0) is 11.3 Å². The van der Waals surface area contributed by atoms with Gasteiger partial charge in [0.2, 0.25) is 0 Å². The number of aliphatic hydroxyl groups excluding tert-OH is 1. The van der Waals surface area contributed by atoms with E-state index in [1.165, 1.54) is 12.6 Å². The molecule has 6 nitrogen and oxygen atoms in total. The van der Waals surface area contributed by atoms with Gasteiger partial charge < -0.3 is 18.7 Å². The number of likely N-dealkylation sites (tertiary alicyclic amines) is 1. The zero-order chi connectivity index (χ0) is 21.9. The summed E-state index contributed by atoms with van der Waals surface area (Å²) < 4.78 is 28.8. The molecule has 8 heteroatoms. The molecule has 0 saturated carbocycles. The van der Waals surface area contributed by atoms with Crippen molar-refractivity contribution in [1.82, 2.24) is 4.90 Å². The molecule has 30 heavy (non-hydrogen) atoms. The summed E-state index contributed by atoms with van der Waals surface area (Å²) >= 11 is 3.86. The molecule has 1 aliphatic rings. The molecule has 1 N–H and O–H groups in total. The third kappa shape index (κ3) is 5.34. The molecule has 2 aromatic carbocycles. The second-order valence-corrected chi connectivity index (χ2v) is 9.59. The van der Waals surface area contributed by atoms with Crippen LogP contribution in [0.2, 0.25) is 5.02 Å². The first-order valence-electron chi connectivity index (χ1n) is 9.93. The Balaban J connectivity index is 1.55. The fraction of sp³-hybridized carbons (Fsp3) is 0.455. The monoisotopic (exact) mass is 451 g/mol. The molecule has 1 heterocycles. The molecule has 2 aromatic rings. The Kier molecular flexibility index (Phi) is 7.42. The minimum absolute atomic E-state index is 0.105. The maximum atomic E-state index is 11.0. The highest BCUT2D eigenvalue weighted by Crippen LogP contribution is 2.42. The Morgan fingerprint density at radius 1 is 1.33 bits per heavy atom. The van der Waals surface area contributed by atoms with Crippen LogP contribution >= 0.6 is 11.6 Å². The van der Waals surface area contributed by atoms with E-state index in [0.717, 1.165) is 22.3 Å². The number of aliphatic hydroxyl groups is 1. The van der Waals surface area contributed by atoms with E-state index in [1.807, 2.05) is 18.2 Å². The molecule has 2 unspecified atom stereocenters. The standard InChI is InChI=1S/C22H29ClN2O4S/c1-22(2)21(16-5-4-6-17(23)13-16)11-12-25(22)14-19(26)15-29-20-9-7-18(8-10-20)24(3)30(27)28/h4-10,13,19,21,26H,11-12,14-15H2,1-3H3,(H,27,28)/p-1/t19?,21-/m0/s1. The summed E-state index contributed by atoms with van der Waals surface area (Å²) in [5.41, 5.74) is 1.67. The first kappa shape index (κ1) is 23.0. The van der Waals surface area contributed by atoms with Gasteiger partial charge in [-0.15, -0.1) is 0 Å². The largest absolute Gasteiger partial charge is 0.755 e. The van der Waals surface area contributed by atoms with Crippen LogP contribution < -0.4 is 9.04 Å². The van der Waals surface area contributed by atoms with Crippen LogP contribution in [0.1, 0.15) is 31.7 Å². The Morgan fingerprint density at radius 3 is 2.67 bits per heavy atom. The molecule has 0 spiro atoms. The van der Waals surface area contributed by atoms with Gasteiger partial charge in [-0.3, -0.25) is 9.11 Å². The quantitative estimate of drug-likeness (QED) is 0.621. The number of benzene rings is 2. The average Bonchev–Trinajstić information content (AvgIpc) is 3.00. The maximum absolute atomic E-state index is 11.0. The summed E-state index contributed by atoms with van der Waals surface area (Å²) in [5.74, 6) is 0.931. The van der Waals surface area contributed by atoms with Crippen molar-refractivity contribution in [1.29, 1.82) is 0 Å². The summed E-state index contributed by atoms with van der Waals surface area (Å²) in [6.07, 6.45) is 0.371. The van der Waals surface area contributed by atoms with Crippen molar-refractivity contribution < 1.29 is 18.6 Å². The second kappa shape index (κ2) is 9.66. The van der Waals surface area contributed by atoms with Crippen molar-refractivity contribution in [2.24, 2.45) is 0 Å². The number of halogens is 1. The zero-order valence-electron chi connectivity index (χ0n) is 17.5. The van der Waals surface area contributed by atoms with Crippen molar-refractivity contribution >= 4 is 28.6 Å². The number of ether oxygens (including phenoxy) is 1. The highest BCUT2D eigenvalue weighted by atomic mass is 35.5. The summed E-state index contributed by atoms with van der Waals surface area (Å²) in [6, 6.07) is 14.7. The molecule has 0 aromatic heterocycles. The molecular weight excluding hydrogens is 424 g/mol. The molecule has 0 amide bonds. The summed E-state index contributed by atoms with van der Waals surface area (Å²) in [5, 5.41) is 11.3. The number of β-amino-alcohol motifs (C(OH)–C–C–N with tert-alkyl or cyclic N) is 1. The lowest BCUT2D eigenvalue weighted by molar-refractivity contribution is 0.0433. The van der Waals surface area contributed by atoms with Crippen LogP contribution in [0.4, 0.5) is 5.69 Å². The van der Waals surface area contributed by atoms with Crippen molar-refractivity contribution in [2.45, 2.75) is 37.8 Å². The molecule has 0 radical (unpaired) electrons. The normalized spacial score (nSPS) is 20.7. The predicted octanol–water partition coefficient (Wildman–Crippen LogP) is 3.58. The fourth-order valence-corrected chi connectivity index (χ4v) is 4.60. The average molecular weight is 452 g/mol. The van der Waals surface area contributed by atoms with Crippen LogP contribution in [0.15, 0.2) is 48.5 Å². The predicted molar refractivity (Wildman–Crippen MR) is 120 cm³/mol. The van der Waals surface area contributed by atoms with Gasteiger partial charge in [0.1, 0.15) is 18.5 Å². The number of nitrogens with zero attached hydrogens (tertiary/aromatic N) is 2. The Bertz CT molecular complexity index is 878. The Morgan fingerprint density at radius 2 is 2.03 bits per heavy atom. The minimum atomic E-state index is -2.32. The number of hydrogen-bond acceptors (Lipinski definition) is 5. The third-order valence-electron chi connectivity index (χ3n) is 5.90. The van der Waals surface area contributed by atoms with E-state index in [4.69, 9.17) is 16.3 Å². The molecule has 1 aliphatic heterocycles. The molecular formula is C22H28ClN2O4S-. The highest BCUT2D eigenvalue weighted by molar-refractivity contribution is 7.80. The fourth-order valence-electron chi connectivity index (χ4n) is 4.11. The van der Waals surface area contributed by atoms with Crippen LogP contribution in [0.25, 0.3) is 0 Å². The highest BCUT2D eigenvalue weighted by Gasteiger charge is 2.42. The van der Waals surface area contributed by atoms with Gasteiger partial charge in [-0.05, 0) is 68.8 Å². The molecule has 0 aliphatic carbocycles. The van der Waals surface area contributed by atoms with Gasteiger partial charge in [0.15, 0.2) is 0 Å². The number of rotatable bonds is 8. The van der Waals surface area contributed by atoms with Gasteiger partial charge in [-0.25, -0.2) is 0 Å². The first-order chi connectivity index (χ1) is 14.2. The second-order valence-electron chi connectivity index (χ2n) is 8.17. The first-order valence-corrected chi connectivity index (χ1v) is 11.3. The van der Waals surface area contributed by atoms with E-state index >= 15 is 0 Å². The van der Waals surface area contributed by atoms with Crippen LogP contribution in [0, 0.1) is 0 Å². The molecule has 1 saturated heterocycles. The van der Waals surface area contributed by atoms with Gasteiger partial charge in [-0.1, -0.05) is 23.7 Å². The van der Waals surface area contributed by atoms with Crippen molar-refractivity contribution in [3.8, 4) is 5.75 Å². The van der Waals surface area contributed by atoms with Gasteiger partial charge in [0, 0.05) is 47.0 Å². The third-order valence-corrected chi connectivity index (χ3v) is 6.80. The van der Waals surface area contributed by atoms with Gasteiger partial charge in [-0.2, -0.15) is 0 Å². The minimum Gasteiger partial charge on any atom is -0.755 e. The maximum Gasteiger partial charge on any atom is 0.119 e. The Hall–Kier alpha value is -1.64. The van der Waals surface area contributed by atoms with Crippen LogP contribution in [0.5, 0.6) is 5.75 Å². The van der Waals surface area contributed by atoms with Crippen molar-refractivity contribution in [3.63, 3.8) is 0 Å². The van der Waals surface area contributed by atoms with E-state index in [2.05, 4.69) is 24.8 Å². The number of hydrogen-bond donors (Lipinski definition) is 1. The lowest BCUT2D eigenvalue weighted by atomic mass is 9.82. The number of anilines is 1. The lowest BCUT2D eigenvalue weighted by Crippen LogP contribution is -2.46. The van der Waals surface area contributed by atoms with Crippen molar-refractivity contribution in [2.75, 3.05) is 31.0 Å². The molecule has 0 bridgehead atoms. The zero-order valence-corrected chi connectivity index (χ0v) is 19.0. The molecule has 3 rings (SSSR count). The topological polar surface area (TPSA) is 76.1 Å². The summed E-state index contributed by atoms with van der Waals surface area (Å²) in [7, 11) is 1.47. The van der Waals surface area contributed by atoms with E-state index < -0.39 is 17.4 Å². The van der Waals surface area contributed by atoms with E-state index in [0.29, 0.717) is 23.9 Å². The molecule has 1 fully saturated rings. The van der Waals surface area contributed by atoms with Crippen LogP contribution in [0.3, 0.4) is 0 Å². The summed E-state index contributed by atoms with van der Waals surface area (Å²) in [4.78, 5) is 2.30. The van der Waals surface area contributed by atoms with E-state index in [9.17, 15) is 13.9 Å². The van der Waals surface area contributed by atoms with Crippen molar-refractivity contribution in [3.05, 3.63) is 59.1 Å². The summed E-state index contributed by atoms with van der Waals surface area (Å²) in [6.45, 7) is 5.98.